The Kier molecular flexibility index (Phi) is 10.9. The van der Waals surface area contributed by atoms with E-state index in [2.05, 4.69) is 257 Å². The first-order valence-electron chi connectivity index (χ1n) is 23.8. The van der Waals surface area contributed by atoms with Gasteiger partial charge in [0.2, 0.25) is 0 Å². The molecule has 7 aromatic rings. The summed E-state index contributed by atoms with van der Waals surface area (Å²) in [6, 6.07) is 54.5. The number of fused-ring (bicyclic) bond motifs is 4. The molecule has 10 rings (SSSR count). The van der Waals surface area contributed by atoms with Gasteiger partial charge < -0.3 is 15.1 Å². The van der Waals surface area contributed by atoms with Crippen LogP contribution in [0, 0.1) is 6.92 Å². The lowest BCUT2D eigenvalue weighted by atomic mass is 9.69. The highest BCUT2D eigenvalue weighted by atomic mass is 31.0. The molecule has 334 valence electrons. The molecule has 0 saturated carbocycles. The van der Waals surface area contributed by atoms with Crippen molar-refractivity contribution in [3.05, 3.63) is 226 Å². The lowest BCUT2D eigenvalue weighted by Crippen LogP contribution is -2.30. The maximum atomic E-state index is 4.22. The zero-order valence-corrected chi connectivity index (χ0v) is 41.7. The fourth-order valence-electron chi connectivity index (χ4n) is 11.2. The average molecular weight is 892 g/mol. The first-order valence-corrected chi connectivity index (χ1v) is 24.4. The van der Waals surface area contributed by atoms with Crippen LogP contribution >= 0.6 is 9.24 Å². The molecular weight excluding hydrogens is 830 g/mol. The highest BCUT2D eigenvalue weighted by molar-refractivity contribution is 7.23. The smallest absolute Gasteiger partial charge is 0.0507 e. The summed E-state index contributed by atoms with van der Waals surface area (Å²) in [4.78, 5) is 4.81. The van der Waals surface area contributed by atoms with Crippen LogP contribution in [0.1, 0.15) is 101 Å². The molecule has 1 atom stereocenters. The molecule has 4 bridgehead atoms. The quantitative estimate of drug-likeness (QED) is 0.109. The maximum absolute atomic E-state index is 4.22. The van der Waals surface area contributed by atoms with Gasteiger partial charge in [0.15, 0.2) is 0 Å². The van der Waals surface area contributed by atoms with Crippen molar-refractivity contribution in [1.29, 1.82) is 0 Å². The molecule has 2 aliphatic heterocycles. The van der Waals surface area contributed by atoms with Crippen LogP contribution in [0.5, 0.6) is 0 Å². The predicted octanol–water partition coefficient (Wildman–Crippen LogP) is 17.9. The molecular formula is C63H62N3P. The van der Waals surface area contributed by atoms with Crippen molar-refractivity contribution < 1.29 is 0 Å². The number of benzene rings is 7. The molecule has 7 aromatic carbocycles. The van der Waals surface area contributed by atoms with Gasteiger partial charge in [-0.25, -0.2) is 0 Å². The van der Waals surface area contributed by atoms with Gasteiger partial charge in [-0.15, -0.1) is 9.24 Å². The first kappa shape index (κ1) is 44.2. The molecule has 0 spiro atoms. The fraction of sp³-hybridized carbons (Fsp3) is 0.206. The first-order chi connectivity index (χ1) is 32.2. The monoisotopic (exact) mass is 891 g/mol. The third-order valence-electron chi connectivity index (χ3n) is 15.0. The Morgan fingerprint density at radius 1 is 0.567 bits per heavy atom. The van der Waals surface area contributed by atoms with Crippen LogP contribution < -0.4 is 15.1 Å². The van der Waals surface area contributed by atoms with Gasteiger partial charge in [-0.1, -0.05) is 146 Å². The molecule has 0 saturated heterocycles. The van der Waals surface area contributed by atoms with Gasteiger partial charge in [0.05, 0.1) is 5.69 Å². The SMILES string of the molecule is C=CC1=C(P)C(C)(C)c2cc(N(c3ccccc3)c3cc4c5c(c3)C(C)(C)c3cccc(c3N5)C(C)(C)c3cc(-c5ccc(N(/C(C)=C/C=C\CC)c6ccccc6)cc5)cc-4c3C)ccc21. The normalized spacial score (nSPS) is 15.9. The fourth-order valence-corrected chi connectivity index (χ4v) is 11.6. The van der Waals surface area contributed by atoms with E-state index in [1.165, 1.54) is 83.5 Å². The lowest BCUT2D eigenvalue weighted by molar-refractivity contribution is 0.615. The van der Waals surface area contributed by atoms with E-state index in [0.717, 1.165) is 40.6 Å². The van der Waals surface area contributed by atoms with Gasteiger partial charge in [-0.05, 0) is 166 Å². The summed E-state index contributed by atoms with van der Waals surface area (Å²) in [5.41, 5.74) is 23.6. The Hall–Kier alpha value is -6.67. The maximum Gasteiger partial charge on any atom is 0.0507 e. The number of anilines is 7. The van der Waals surface area contributed by atoms with E-state index in [1.807, 2.05) is 6.08 Å². The van der Waals surface area contributed by atoms with Crippen LogP contribution in [0.2, 0.25) is 0 Å². The number of para-hydroxylation sites is 3. The Labute approximate surface area is 401 Å². The van der Waals surface area contributed by atoms with Crippen molar-refractivity contribution in [1.82, 2.24) is 0 Å². The summed E-state index contributed by atoms with van der Waals surface area (Å²) >= 11 is 0. The molecule has 2 heterocycles. The standard InChI is InChI=1S/C63H62N3P/c1-11-13-16-22-40(3)65(44-23-17-14-18-24-44)46-31-29-42(30-32-46)43-35-51-41(4)55(36-43)61(5,6)53-27-21-28-54-59(53)64-58-52(51)37-48(39-57(58)62(54,7)8)66(45-25-19-15-20-26-45)47-33-34-50-49(12-2)60(67)63(9,10)56(50)38-47/h12-39,64H,2,11,67H2,1,3-10H3/b16-13-,40-22+. The van der Waals surface area contributed by atoms with Gasteiger partial charge in [0, 0.05) is 61.6 Å². The van der Waals surface area contributed by atoms with E-state index >= 15 is 0 Å². The van der Waals surface area contributed by atoms with Crippen molar-refractivity contribution in [2.45, 2.75) is 85.0 Å². The number of allylic oxidation sites excluding steroid dienone is 7. The van der Waals surface area contributed by atoms with Crippen molar-refractivity contribution in [2.24, 2.45) is 0 Å². The van der Waals surface area contributed by atoms with Crippen LogP contribution in [-0.4, -0.2) is 0 Å². The van der Waals surface area contributed by atoms with E-state index in [9.17, 15) is 0 Å². The van der Waals surface area contributed by atoms with Crippen molar-refractivity contribution in [3.63, 3.8) is 0 Å². The van der Waals surface area contributed by atoms with Gasteiger partial charge in [-0.2, -0.15) is 0 Å². The molecule has 3 aliphatic rings. The molecule has 3 nitrogen and oxygen atoms in total. The largest absolute Gasteiger partial charge is 0.354 e. The number of nitrogens with zero attached hydrogens (tertiary/aromatic N) is 2. The molecule has 1 aliphatic carbocycles. The zero-order valence-electron chi connectivity index (χ0n) is 40.6. The topological polar surface area (TPSA) is 18.5 Å². The third-order valence-corrected chi connectivity index (χ3v) is 16.1. The molecule has 0 aromatic heterocycles. The lowest BCUT2D eigenvalue weighted by Gasteiger charge is -2.40. The van der Waals surface area contributed by atoms with Gasteiger partial charge in [-0.3, -0.25) is 0 Å². The molecule has 0 fully saturated rings. The Bertz CT molecular complexity index is 3200. The van der Waals surface area contributed by atoms with Gasteiger partial charge in [0.25, 0.3) is 0 Å². The molecule has 1 unspecified atom stereocenters. The van der Waals surface area contributed by atoms with E-state index in [0.29, 0.717) is 0 Å². The predicted molar refractivity (Wildman–Crippen MR) is 292 cm³/mol. The minimum absolute atomic E-state index is 0.161. The Morgan fingerprint density at radius 3 is 1.84 bits per heavy atom. The van der Waals surface area contributed by atoms with E-state index in [-0.39, 0.29) is 16.2 Å². The third kappa shape index (κ3) is 7.13. The summed E-state index contributed by atoms with van der Waals surface area (Å²) in [5, 5.41) is 5.42. The summed E-state index contributed by atoms with van der Waals surface area (Å²) in [5.74, 6) is 0. The van der Waals surface area contributed by atoms with Crippen LogP contribution in [0.4, 0.5) is 39.8 Å². The summed E-state index contributed by atoms with van der Waals surface area (Å²) < 4.78 is 0. The highest BCUT2D eigenvalue weighted by Crippen LogP contribution is 2.57. The van der Waals surface area contributed by atoms with Crippen LogP contribution in [0.3, 0.4) is 0 Å². The van der Waals surface area contributed by atoms with Crippen LogP contribution in [-0.2, 0) is 16.2 Å². The minimum atomic E-state index is -0.314. The van der Waals surface area contributed by atoms with Gasteiger partial charge >= 0.3 is 0 Å². The highest BCUT2D eigenvalue weighted by Gasteiger charge is 2.41. The van der Waals surface area contributed by atoms with E-state index < -0.39 is 0 Å². The summed E-state index contributed by atoms with van der Waals surface area (Å²) in [6.45, 7) is 25.2. The summed E-state index contributed by atoms with van der Waals surface area (Å²) in [6.07, 6.45) is 9.58. The van der Waals surface area contributed by atoms with Crippen molar-refractivity contribution >= 4 is 54.6 Å². The van der Waals surface area contributed by atoms with Crippen molar-refractivity contribution in [3.8, 4) is 22.3 Å². The number of hydrogen-bond donors (Lipinski definition) is 1. The zero-order chi connectivity index (χ0) is 47.0. The van der Waals surface area contributed by atoms with Crippen LogP contribution in [0.15, 0.2) is 187 Å². The number of hydrogen-bond acceptors (Lipinski definition) is 3. The Morgan fingerprint density at radius 2 is 1.18 bits per heavy atom. The van der Waals surface area contributed by atoms with Crippen LogP contribution in [0.25, 0.3) is 27.8 Å². The second kappa shape index (κ2) is 16.6. The second-order valence-electron chi connectivity index (χ2n) is 20.1. The second-order valence-corrected chi connectivity index (χ2v) is 20.7. The molecule has 0 amide bonds. The molecule has 67 heavy (non-hydrogen) atoms. The number of rotatable bonds is 10. The molecule has 1 N–H and O–H groups in total. The molecule has 0 radical (unpaired) electrons. The summed E-state index contributed by atoms with van der Waals surface area (Å²) in [7, 11) is 3.03. The molecule has 4 heteroatoms. The van der Waals surface area contributed by atoms with E-state index in [1.54, 1.807) is 0 Å². The van der Waals surface area contributed by atoms with Gasteiger partial charge in [0.1, 0.15) is 0 Å². The van der Waals surface area contributed by atoms with Crippen molar-refractivity contribution in [2.75, 3.05) is 15.1 Å². The van der Waals surface area contributed by atoms with E-state index in [4.69, 9.17) is 0 Å². The number of nitrogens with one attached hydrogen (secondary N) is 1. The average Bonchev–Trinajstić information content (AvgIpc) is 3.52. The Balaban J connectivity index is 1.20. The minimum Gasteiger partial charge on any atom is -0.354 e.